The van der Waals surface area contributed by atoms with E-state index in [1.807, 2.05) is 0 Å². The van der Waals surface area contributed by atoms with Gasteiger partial charge in [0.1, 0.15) is 0 Å². The standard InChI is InChI=1S/C15H27N3O2/c19-15(2-1-7-17-8-10-20-11-9-17)18-13-3-4-14(18)12-16-6-5-13/h13-14,16H,1-12H2/t13-,14+/m1/s1. The van der Waals surface area contributed by atoms with Crippen LogP contribution in [0.25, 0.3) is 0 Å². The number of hydrogen-bond acceptors (Lipinski definition) is 4. The maximum atomic E-state index is 12.5. The Balaban J connectivity index is 1.44. The first-order valence-electron chi connectivity index (χ1n) is 8.16. The molecule has 0 saturated carbocycles. The van der Waals surface area contributed by atoms with Gasteiger partial charge in [0, 0.05) is 38.1 Å². The molecule has 0 aromatic carbocycles. The van der Waals surface area contributed by atoms with E-state index in [-0.39, 0.29) is 0 Å². The van der Waals surface area contributed by atoms with Crippen LogP contribution in [0.1, 0.15) is 32.1 Å². The Hall–Kier alpha value is -0.650. The Morgan fingerprint density at radius 3 is 2.80 bits per heavy atom. The summed E-state index contributed by atoms with van der Waals surface area (Å²) in [5.74, 6) is 0.384. The molecule has 0 aromatic heterocycles. The molecule has 0 aliphatic carbocycles. The Bertz CT molecular complexity index is 317. The van der Waals surface area contributed by atoms with Crippen LogP contribution >= 0.6 is 0 Å². The number of morpholine rings is 1. The molecule has 3 heterocycles. The average molecular weight is 281 g/mol. The number of nitrogens with one attached hydrogen (secondary N) is 1. The fourth-order valence-corrected chi connectivity index (χ4v) is 3.80. The van der Waals surface area contributed by atoms with Gasteiger partial charge >= 0.3 is 0 Å². The number of amides is 1. The second-order valence-electron chi connectivity index (χ2n) is 6.24. The number of carbonyl (C=O) groups excluding carboxylic acids is 1. The molecule has 5 heteroatoms. The fraction of sp³-hybridized carbons (Fsp3) is 0.933. The van der Waals surface area contributed by atoms with Crippen molar-refractivity contribution < 1.29 is 9.53 Å². The summed E-state index contributed by atoms with van der Waals surface area (Å²) in [4.78, 5) is 17.1. The average Bonchev–Trinajstić information content (AvgIpc) is 2.73. The molecule has 5 nitrogen and oxygen atoms in total. The minimum atomic E-state index is 0.384. The van der Waals surface area contributed by atoms with Gasteiger partial charge in [-0.15, -0.1) is 0 Å². The molecule has 114 valence electrons. The molecule has 3 rings (SSSR count). The van der Waals surface area contributed by atoms with Crippen molar-refractivity contribution in [2.75, 3.05) is 45.9 Å². The number of ether oxygens (including phenoxy) is 1. The summed E-state index contributed by atoms with van der Waals surface area (Å²) < 4.78 is 5.35. The highest BCUT2D eigenvalue weighted by atomic mass is 16.5. The summed E-state index contributed by atoms with van der Waals surface area (Å²) in [6.07, 6.45) is 5.23. The normalized spacial score (nSPS) is 31.3. The Morgan fingerprint density at radius 1 is 1.15 bits per heavy atom. The molecule has 2 bridgehead atoms. The largest absolute Gasteiger partial charge is 0.379 e. The van der Waals surface area contributed by atoms with Crippen molar-refractivity contribution in [3.05, 3.63) is 0 Å². The maximum Gasteiger partial charge on any atom is 0.223 e. The molecular formula is C15H27N3O2. The summed E-state index contributed by atoms with van der Waals surface area (Å²) in [5.41, 5.74) is 0. The van der Waals surface area contributed by atoms with Crippen LogP contribution in [0.15, 0.2) is 0 Å². The highest BCUT2D eigenvalue weighted by Crippen LogP contribution is 2.28. The summed E-state index contributed by atoms with van der Waals surface area (Å²) in [6.45, 7) is 6.83. The van der Waals surface area contributed by atoms with E-state index >= 15 is 0 Å². The van der Waals surface area contributed by atoms with E-state index in [4.69, 9.17) is 4.74 Å². The lowest BCUT2D eigenvalue weighted by atomic mass is 10.1. The highest BCUT2D eigenvalue weighted by molar-refractivity contribution is 5.77. The SMILES string of the molecule is O=C(CCCN1CCOCC1)N1[C@H]2CCNC[C@@H]1CC2. The van der Waals surface area contributed by atoms with Crippen LogP contribution in [0.5, 0.6) is 0 Å². The van der Waals surface area contributed by atoms with E-state index < -0.39 is 0 Å². The van der Waals surface area contributed by atoms with Crippen LogP contribution in [-0.2, 0) is 9.53 Å². The first kappa shape index (κ1) is 14.3. The molecular weight excluding hydrogens is 254 g/mol. The molecule has 3 fully saturated rings. The lowest BCUT2D eigenvalue weighted by Crippen LogP contribution is -2.43. The van der Waals surface area contributed by atoms with Crippen LogP contribution in [0.3, 0.4) is 0 Å². The van der Waals surface area contributed by atoms with E-state index in [9.17, 15) is 4.79 Å². The second kappa shape index (κ2) is 6.87. The third-order valence-corrected chi connectivity index (χ3v) is 4.91. The summed E-state index contributed by atoms with van der Waals surface area (Å²) in [7, 11) is 0. The van der Waals surface area contributed by atoms with Crippen LogP contribution in [0, 0.1) is 0 Å². The topological polar surface area (TPSA) is 44.8 Å². The Labute approximate surface area is 121 Å². The highest BCUT2D eigenvalue weighted by Gasteiger charge is 2.37. The van der Waals surface area contributed by atoms with E-state index in [0.717, 1.165) is 58.8 Å². The quantitative estimate of drug-likeness (QED) is 0.813. The number of nitrogens with zero attached hydrogens (tertiary/aromatic N) is 2. The van der Waals surface area contributed by atoms with Gasteiger partial charge in [-0.1, -0.05) is 0 Å². The number of rotatable bonds is 4. The maximum absolute atomic E-state index is 12.5. The molecule has 1 N–H and O–H groups in total. The van der Waals surface area contributed by atoms with Gasteiger partial charge in [-0.05, 0) is 38.8 Å². The molecule has 3 aliphatic rings. The van der Waals surface area contributed by atoms with Gasteiger partial charge in [-0.3, -0.25) is 9.69 Å². The van der Waals surface area contributed by atoms with Crippen molar-refractivity contribution in [1.82, 2.24) is 15.1 Å². The van der Waals surface area contributed by atoms with Crippen molar-refractivity contribution >= 4 is 5.91 Å². The lowest BCUT2D eigenvalue weighted by Gasteiger charge is -2.29. The van der Waals surface area contributed by atoms with Gasteiger partial charge < -0.3 is 15.0 Å². The molecule has 0 unspecified atom stereocenters. The zero-order chi connectivity index (χ0) is 13.8. The van der Waals surface area contributed by atoms with Crippen LogP contribution in [-0.4, -0.2) is 73.7 Å². The van der Waals surface area contributed by atoms with Crippen molar-refractivity contribution in [1.29, 1.82) is 0 Å². The van der Waals surface area contributed by atoms with Crippen molar-refractivity contribution in [2.24, 2.45) is 0 Å². The van der Waals surface area contributed by atoms with Gasteiger partial charge in [-0.25, -0.2) is 0 Å². The summed E-state index contributed by atoms with van der Waals surface area (Å²) in [6, 6.07) is 0.962. The molecule has 0 spiro atoms. The molecule has 0 aromatic rings. The van der Waals surface area contributed by atoms with Gasteiger partial charge in [-0.2, -0.15) is 0 Å². The minimum absolute atomic E-state index is 0.384. The molecule has 20 heavy (non-hydrogen) atoms. The monoisotopic (exact) mass is 281 g/mol. The van der Waals surface area contributed by atoms with Crippen LogP contribution in [0.4, 0.5) is 0 Å². The van der Waals surface area contributed by atoms with Crippen molar-refractivity contribution in [3.63, 3.8) is 0 Å². The van der Waals surface area contributed by atoms with Crippen molar-refractivity contribution in [3.8, 4) is 0 Å². The molecule has 1 amide bonds. The lowest BCUT2D eigenvalue weighted by molar-refractivity contribution is -0.134. The zero-order valence-corrected chi connectivity index (χ0v) is 12.4. The van der Waals surface area contributed by atoms with Crippen LogP contribution in [0.2, 0.25) is 0 Å². The van der Waals surface area contributed by atoms with Gasteiger partial charge in [0.25, 0.3) is 0 Å². The molecule has 2 atom stereocenters. The van der Waals surface area contributed by atoms with E-state index in [1.54, 1.807) is 0 Å². The number of fused-ring (bicyclic) bond motifs is 2. The number of hydrogen-bond donors (Lipinski definition) is 1. The molecule has 0 radical (unpaired) electrons. The van der Waals surface area contributed by atoms with E-state index in [2.05, 4.69) is 15.1 Å². The van der Waals surface area contributed by atoms with Crippen LogP contribution < -0.4 is 5.32 Å². The molecule has 3 aliphatic heterocycles. The smallest absolute Gasteiger partial charge is 0.223 e. The Kier molecular flexibility index (Phi) is 4.91. The predicted molar refractivity (Wildman–Crippen MR) is 77.6 cm³/mol. The summed E-state index contributed by atoms with van der Waals surface area (Å²) >= 11 is 0. The molecule has 3 saturated heterocycles. The van der Waals surface area contributed by atoms with E-state index in [1.165, 1.54) is 12.8 Å². The summed E-state index contributed by atoms with van der Waals surface area (Å²) in [5, 5.41) is 3.46. The first-order chi connectivity index (χ1) is 9.84. The third-order valence-electron chi connectivity index (χ3n) is 4.91. The fourth-order valence-electron chi connectivity index (χ4n) is 3.80. The zero-order valence-electron chi connectivity index (χ0n) is 12.4. The van der Waals surface area contributed by atoms with Gasteiger partial charge in [0.2, 0.25) is 5.91 Å². The minimum Gasteiger partial charge on any atom is -0.379 e. The van der Waals surface area contributed by atoms with Crippen molar-refractivity contribution in [2.45, 2.75) is 44.2 Å². The predicted octanol–water partition coefficient (Wildman–Crippen LogP) is 0.452. The first-order valence-corrected chi connectivity index (χ1v) is 8.16. The number of carbonyl (C=O) groups is 1. The van der Waals surface area contributed by atoms with Gasteiger partial charge in [0.15, 0.2) is 0 Å². The second-order valence-corrected chi connectivity index (χ2v) is 6.24. The van der Waals surface area contributed by atoms with E-state index in [0.29, 0.717) is 24.4 Å². The third kappa shape index (κ3) is 3.32. The Morgan fingerprint density at radius 2 is 1.95 bits per heavy atom. The van der Waals surface area contributed by atoms with Gasteiger partial charge in [0.05, 0.1) is 13.2 Å².